The van der Waals surface area contributed by atoms with Crippen molar-refractivity contribution in [2.75, 3.05) is 18.0 Å². The Morgan fingerprint density at radius 1 is 1.38 bits per heavy atom. The van der Waals surface area contributed by atoms with Crippen molar-refractivity contribution in [2.24, 2.45) is 5.73 Å². The fourth-order valence-electron chi connectivity index (χ4n) is 1.88. The summed E-state index contributed by atoms with van der Waals surface area (Å²) in [5, 5.41) is 0. The molecule has 0 unspecified atom stereocenters. The number of hydrogen-bond donors (Lipinski definition) is 1. The summed E-state index contributed by atoms with van der Waals surface area (Å²) in [6.07, 6.45) is 1.16. The molecule has 0 fully saturated rings. The van der Waals surface area contributed by atoms with Crippen LogP contribution < -0.4 is 10.6 Å². The van der Waals surface area contributed by atoms with E-state index in [9.17, 15) is 0 Å². The van der Waals surface area contributed by atoms with Crippen molar-refractivity contribution in [1.82, 2.24) is 0 Å². The van der Waals surface area contributed by atoms with Crippen molar-refractivity contribution in [1.29, 1.82) is 0 Å². The molecule has 2 nitrogen and oxygen atoms in total. The van der Waals surface area contributed by atoms with Gasteiger partial charge in [0.05, 0.1) is 0 Å². The molecule has 2 N–H and O–H groups in total. The maximum atomic E-state index is 5.62. The maximum Gasteiger partial charge on any atom is 0.103 e. The Morgan fingerprint density at radius 2 is 2.06 bits per heavy atom. The SMILES string of the molecule is CCCN(CC)c1ccc(C(N)=S)cc1C. The fraction of sp³-hybridized carbons (Fsp3) is 0.462. The molecule has 0 aromatic heterocycles. The quantitative estimate of drug-likeness (QED) is 0.797. The van der Waals surface area contributed by atoms with Gasteiger partial charge in [-0.2, -0.15) is 0 Å². The Bertz CT molecular complexity index is 374. The van der Waals surface area contributed by atoms with Gasteiger partial charge in [-0.15, -0.1) is 0 Å². The van der Waals surface area contributed by atoms with Crippen LogP contribution in [0.15, 0.2) is 18.2 Å². The second-order valence-corrected chi connectivity index (χ2v) is 4.39. The van der Waals surface area contributed by atoms with Crippen LogP contribution in [0.1, 0.15) is 31.4 Å². The van der Waals surface area contributed by atoms with Crippen LogP contribution in [0.2, 0.25) is 0 Å². The molecule has 0 aliphatic rings. The topological polar surface area (TPSA) is 29.3 Å². The third-order valence-electron chi connectivity index (χ3n) is 2.70. The van der Waals surface area contributed by atoms with Crippen LogP contribution in [0.5, 0.6) is 0 Å². The molecule has 1 aromatic carbocycles. The van der Waals surface area contributed by atoms with Gasteiger partial charge in [0.2, 0.25) is 0 Å². The van der Waals surface area contributed by atoms with Gasteiger partial charge in [-0.1, -0.05) is 19.1 Å². The van der Waals surface area contributed by atoms with Gasteiger partial charge in [0.15, 0.2) is 0 Å². The van der Waals surface area contributed by atoms with Crippen molar-refractivity contribution in [3.05, 3.63) is 29.3 Å². The Morgan fingerprint density at radius 3 is 2.50 bits per heavy atom. The van der Waals surface area contributed by atoms with Crippen LogP contribution in [0.3, 0.4) is 0 Å². The number of aryl methyl sites for hydroxylation is 1. The summed E-state index contributed by atoms with van der Waals surface area (Å²) < 4.78 is 0. The summed E-state index contributed by atoms with van der Waals surface area (Å²) in [5.41, 5.74) is 9.08. The molecule has 0 atom stereocenters. The van der Waals surface area contributed by atoms with Crippen LogP contribution in [0.4, 0.5) is 5.69 Å². The van der Waals surface area contributed by atoms with Gasteiger partial charge in [0, 0.05) is 24.3 Å². The second-order valence-electron chi connectivity index (χ2n) is 3.95. The van der Waals surface area contributed by atoms with Gasteiger partial charge in [-0.3, -0.25) is 0 Å². The first kappa shape index (κ1) is 13.0. The number of anilines is 1. The molecule has 0 radical (unpaired) electrons. The molecule has 16 heavy (non-hydrogen) atoms. The lowest BCUT2D eigenvalue weighted by Crippen LogP contribution is -2.24. The maximum absolute atomic E-state index is 5.62. The van der Waals surface area contributed by atoms with Crippen LogP contribution >= 0.6 is 12.2 Å². The summed E-state index contributed by atoms with van der Waals surface area (Å²) in [5.74, 6) is 0. The average molecular weight is 236 g/mol. The molecule has 1 rings (SSSR count). The fourth-order valence-corrected chi connectivity index (χ4v) is 2.01. The molecule has 0 amide bonds. The van der Waals surface area contributed by atoms with E-state index in [0.717, 1.165) is 25.1 Å². The molecule has 1 aromatic rings. The normalized spacial score (nSPS) is 10.2. The number of nitrogens with two attached hydrogens (primary N) is 1. The molecule has 0 spiro atoms. The number of nitrogens with zero attached hydrogens (tertiary/aromatic N) is 1. The number of rotatable bonds is 5. The van der Waals surface area contributed by atoms with Crippen molar-refractivity contribution < 1.29 is 0 Å². The van der Waals surface area contributed by atoms with Gasteiger partial charge >= 0.3 is 0 Å². The summed E-state index contributed by atoms with van der Waals surface area (Å²) in [6, 6.07) is 6.18. The van der Waals surface area contributed by atoms with E-state index in [1.54, 1.807) is 0 Å². The Hall–Kier alpha value is -1.09. The Kier molecular flexibility index (Phi) is 4.74. The van der Waals surface area contributed by atoms with E-state index < -0.39 is 0 Å². The van der Waals surface area contributed by atoms with Gasteiger partial charge in [-0.05, 0) is 44.0 Å². The zero-order valence-corrected chi connectivity index (χ0v) is 11.1. The van der Waals surface area contributed by atoms with E-state index in [-0.39, 0.29) is 0 Å². The highest BCUT2D eigenvalue weighted by molar-refractivity contribution is 7.80. The molecule has 0 aliphatic heterocycles. The van der Waals surface area contributed by atoms with E-state index in [0.29, 0.717) is 4.99 Å². The predicted octanol–water partition coefficient (Wildman–Crippen LogP) is 2.87. The van der Waals surface area contributed by atoms with Gasteiger partial charge in [-0.25, -0.2) is 0 Å². The number of benzene rings is 1. The molecule has 0 saturated carbocycles. The minimum absolute atomic E-state index is 0.466. The second kappa shape index (κ2) is 5.85. The Balaban J connectivity index is 3.01. The average Bonchev–Trinajstić information content (AvgIpc) is 2.26. The Labute approximate surface area is 103 Å². The van der Waals surface area contributed by atoms with E-state index in [1.807, 2.05) is 6.07 Å². The smallest absolute Gasteiger partial charge is 0.103 e. The van der Waals surface area contributed by atoms with Gasteiger partial charge in [0.1, 0.15) is 4.99 Å². The summed E-state index contributed by atoms with van der Waals surface area (Å²) in [7, 11) is 0. The first-order valence-corrected chi connectivity index (χ1v) is 6.16. The minimum Gasteiger partial charge on any atom is -0.389 e. The first-order chi connectivity index (χ1) is 7.60. The van der Waals surface area contributed by atoms with Gasteiger partial charge < -0.3 is 10.6 Å². The van der Waals surface area contributed by atoms with Crippen LogP contribution in [0, 0.1) is 6.92 Å². The van der Waals surface area contributed by atoms with E-state index in [1.165, 1.54) is 11.3 Å². The van der Waals surface area contributed by atoms with Crippen molar-refractivity contribution >= 4 is 22.9 Å². The highest BCUT2D eigenvalue weighted by atomic mass is 32.1. The van der Waals surface area contributed by atoms with Gasteiger partial charge in [0.25, 0.3) is 0 Å². The predicted molar refractivity (Wildman–Crippen MR) is 75.2 cm³/mol. The highest BCUT2D eigenvalue weighted by Gasteiger charge is 2.07. The zero-order valence-electron chi connectivity index (χ0n) is 10.3. The minimum atomic E-state index is 0.466. The first-order valence-electron chi connectivity index (χ1n) is 5.75. The number of hydrogen-bond acceptors (Lipinski definition) is 2. The third kappa shape index (κ3) is 2.95. The lowest BCUT2D eigenvalue weighted by molar-refractivity contribution is 0.789. The summed E-state index contributed by atoms with van der Waals surface area (Å²) >= 11 is 4.97. The van der Waals surface area contributed by atoms with Crippen LogP contribution in [0.25, 0.3) is 0 Å². The molecular weight excluding hydrogens is 216 g/mol. The molecule has 0 aliphatic carbocycles. The van der Waals surface area contributed by atoms with Crippen molar-refractivity contribution in [3.8, 4) is 0 Å². The summed E-state index contributed by atoms with van der Waals surface area (Å²) in [4.78, 5) is 2.84. The zero-order chi connectivity index (χ0) is 12.1. The third-order valence-corrected chi connectivity index (χ3v) is 2.93. The molecule has 0 saturated heterocycles. The monoisotopic (exact) mass is 236 g/mol. The van der Waals surface area contributed by atoms with E-state index in [2.05, 4.69) is 37.8 Å². The van der Waals surface area contributed by atoms with Crippen LogP contribution in [-0.2, 0) is 0 Å². The molecular formula is C13H20N2S. The summed E-state index contributed by atoms with van der Waals surface area (Å²) in [6.45, 7) is 8.60. The lowest BCUT2D eigenvalue weighted by Gasteiger charge is -2.24. The molecule has 0 bridgehead atoms. The number of thiocarbonyl (C=S) groups is 1. The van der Waals surface area contributed by atoms with Crippen molar-refractivity contribution in [3.63, 3.8) is 0 Å². The highest BCUT2D eigenvalue weighted by Crippen LogP contribution is 2.21. The lowest BCUT2D eigenvalue weighted by atomic mass is 10.1. The molecule has 0 heterocycles. The van der Waals surface area contributed by atoms with Crippen LogP contribution in [-0.4, -0.2) is 18.1 Å². The van der Waals surface area contributed by atoms with E-state index in [4.69, 9.17) is 18.0 Å². The molecule has 88 valence electrons. The standard InChI is InChI=1S/C13H20N2S/c1-4-8-15(5-2)12-7-6-11(13(14)16)9-10(12)3/h6-7,9H,4-5,8H2,1-3H3,(H2,14,16). The van der Waals surface area contributed by atoms with Crippen molar-refractivity contribution in [2.45, 2.75) is 27.2 Å². The largest absolute Gasteiger partial charge is 0.389 e. The molecule has 3 heteroatoms. The van der Waals surface area contributed by atoms with E-state index >= 15 is 0 Å².